The summed E-state index contributed by atoms with van der Waals surface area (Å²) >= 11 is 5.85. The maximum Gasteiger partial charge on any atom is 0.351 e. The molecule has 9 heteroatoms. The molecule has 0 fully saturated rings. The van der Waals surface area contributed by atoms with E-state index in [9.17, 15) is 14.4 Å². The van der Waals surface area contributed by atoms with E-state index in [-0.39, 0.29) is 5.82 Å². The van der Waals surface area contributed by atoms with Crippen LogP contribution in [0.4, 0.5) is 5.82 Å². The number of carbonyl (C=O) groups excluding carboxylic acids is 1. The van der Waals surface area contributed by atoms with Crippen LogP contribution in [0, 0.1) is 6.92 Å². The highest BCUT2D eigenvalue weighted by molar-refractivity contribution is 6.30. The summed E-state index contributed by atoms with van der Waals surface area (Å²) in [6, 6.07) is 11.4. The minimum absolute atomic E-state index is 0.281. The van der Waals surface area contributed by atoms with E-state index in [0.717, 1.165) is 9.25 Å². The van der Waals surface area contributed by atoms with Gasteiger partial charge < -0.3 is 5.32 Å². The third kappa shape index (κ3) is 3.40. The lowest BCUT2D eigenvalue weighted by molar-refractivity contribution is 0.101. The quantitative estimate of drug-likeness (QED) is 0.753. The molecule has 0 aliphatic rings. The van der Waals surface area contributed by atoms with Crippen molar-refractivity contribution in [3.63, 3.8) is 0 Å². The second-order valence-corrected chi connectivity index (χ2v) is 5.94. The van der Waals surface area contributed by atoms with Gasteiger partial charge in [-0.2, -0.15) is 9.78 Å². The fourth-order valence-electron chi connectivity index (χ4n) is 2.25. The van der Waals surface area contributed by atoms with Crippen LogP contribution in [0.15, 0.2) is 52.1 Å². The Balaban J connectivity index is 2.07. The first kappa shape index (κ1) is 17.6. The van der Waals surface area contributed by atoms with Crippen molar-refractivity contribution in [1.29, 1.82) is 0 Å². The first-order chi connectivity index (χ1) is 12.4. The Morgan fingerprint density at radius 1 is 1.12 bits per heavy atom. The van der Waals surface area contributed by atoms with Crippen LogP contribution in [0.5, 0.6) is 0 Å². The molecule has 2 aromatic heterocycles. The first-order valence-electron chi connectivity index (χ1n) is 7.58. The lowest BCUT2D eigenvalue weighted by atomic mass is 10.3. The molecular formula is C17H14ClN5O3. The predicted octanol–water partition coefficient (Wildman–Crippen LogP) is 1.54. The molecular weight excluding hydrogens is 358 g/mol. The second kappa shape index (κ2) is 6.93. The highest BCUT2D eigenvalue weighted by atomic mass is 35.5. The van der Waals surface area contributed by atoms with E-state index < -0.39 is 22.9 Å². The van der Waals surface area contributed by atoms with E-state index in [0.29, 0.717) is 16.4 Å². The zero-order valence-electron chi connectivity index (χ0n) is 13.9. The van der Waals surface area contributed by atoms with E-state index in [1.165, 1.54) is 7.05 Å². The van der Waals surface area contributed by atoms with E-state index in [1.54, 1.807) is 49.4 Å². The number of aryl methyl sites for hydroxylation is 1. The summed E-state index contributed by atoms with van der Waals surface area (Å²) < 4.78 is 1.79. The molecule has 0 saturated heterocycles. The van der Waals surface area contributed by atoms with Crippen LogP contribution in [-0.2, 0) is 7.05 Å². The average Bonchev–Trinajstić information content (AvgIpc) is 2.61. The van der Waals surface area contributed by atoms with Crippen molar-refractivity contribution < 1.29 is 4.79 Å². The van der Waals surface area contributed by atoms with Crippen LogP contribution in [0.2, 0.25) is 5.02 Å². The van der Waals surface area contributed by atoms with E-state index in [1.807, 2.05) is 0 Å². The summed E-state index contributed by atoms with van der Waals surface area (Å²) in [4.78, 5) is 41.3. The van der Waals surface area contributed by atoms with Gasteiger partial charge in [-0.05, 0) is 43.3 Å². The molecule has 0 bridgehead atoms. The van der Waals surface area contributed by atoms with Crippen molar-refractivity contribution in [2.45, 2.75) is 6.92 Å². The normalized spacial score (nSPS) is 10.6. The highest BCUT2D eigenvalue weighted by Gasteiger charge is 2.19. The molecule has 26 heavy (non-hydrogen) atoms. The van der Waals surface area contributed by atoms with Gasteiger partial charge >= 0.3 is 5.69 Å². The van der Waals surface area contributed by atoms with Crippen molar-refractivity contribution in [2.75, 3.05) is 5.32 Å². The fraction of sp³-hybridized carbons (Fsp3) is 0.118. The van der Waals surface area contributed by atoms with Gasteiger partial charge in [0.1, 0.15) is 5.82 Å². The Morgan fingerprint density at radius 2 is 1.81 bits per heavy atom. The lowest BCUT2D eigenvalue weighted by Crippen LogP contribution is -2.43. The molecule has 1 amide bonds. The summed E-state index contributed by atoms with van der Waals surface area (Å²) in [5.74, 6) is -0.477. The number of nitrogens with one attached hydrogen (secondary N) is 1. The van der Waals surface area contributed by atoms with Crippen LogP contribution in [0.25, 0.3) is 5.69 Å². The maximum absolute atomic E-state index is 12.5. The standard InChI is InChI=1S/C17H14ClN5O3/c1-10-4-3-5-13(19-10)20-15(24)14-16(25)22(2)17(26)23(21-14)12-8-6-11(18)7-9-12/h3-9H,1-2H3,(H,19,20,24). The first-order valence-corrected chi connectivity index (χ1v) is 7.96. The van der Waals surface area contributed by atoms with Crippen LogP contribution in [0.3, 0.4) is 0 Å². The van der Waals surface area contributed by atoms with Gasteiger partial charge in [0.2, 0.25) is 5.69 Å². The summed E-state index contributed by atoms with van der Waals surface area (Å²) in [6.07, 6.45) is 0. The predicted molar refractivity (Wildman–Crippen MR) is 97.0 cm³/mol. The smallest absolute Gasteiger partial charge is 0.305 e. The molecule has 0 atom stereocenters. The Morgan fingerprint density at radius 3 is 2.46 bits per heavy atom. The number of benzene rings is 1. The highest BCUT2D eigenvalue weighted by Crippen LogP contribution is 2.11. The van der Waals surface area contributed by atoms with E-state index in [4.69, 9.17) is 11.6 Å². The Hall–Kier alpha value is -3.26. The van der Waals surface area contributed by atoms with Crippen molar-refractivity contribution >= 4 is 23.3 Å². The van der Waals surface area contributed by atoms with Crippen LogP contribution in [0.1, 0.15) is 16.2 Å². The van der Waals surface area contributed by atoms with Gasteiger partial charge in [-0.25, -0.2) is 9.78 Å². The van der Waals surface area contributed by atoms with Crippen LogP contribution in [-0.4, -0.2) is 25.2 Å². The van der Waals surface area contributed by atoms with Crippen LogP contribution >= 0.6 is 11.6 Å². The number of hydrogen-bond acceptors (Lipinski definition) is 5. The molecule has 1 aromatic carbocycles. The Labute approximate surface area is 152 Å². The molecule has 0 aliphatic carbocycles. The molecule has 1 N–H and O–H groups in total. The number of halogens is 1. The number of anilines is 1. The van der Waals surface area contributed by atoms with Gasteiger partial charge in [-0.3, -0.25) is 14.2 Å². The number of pyridine rings is 1. The molecule has 0 unspecified atom stereocenters. The summed E-state index contributed by atoms with van der Waals surface area (Å²) in [6.45, 7) is 1.77. The maximum atomic E-state index is 12.5. The molecule has 0 spiro atoms. The van der Waals surface area contributed by atoms with Crippen molar-refractivity contribution in [2.24, 2.45) is 7.05 Å². The lowest BCUT2D eigenvalue weighted by Gasteiger charge is -2.09. The molecule has 3 aromatic rings. The average molecular weight is 372 g/mol. The van der Waals surface area contributed by atoms with Gasteiger partial charge in [0.25, 0.3) is 11.5 Å². The summed E-state index contributed by atoms with van der Waals surface area (Å²) in [7, 11) is 1.28. The minimum atomic E-state index is -0.801. The largest absolute Gasteiger partial charge is 0.351 e. The molecule has 0 aliphatic heterocycles. The molecule has 0 radical (unpaired) electrons. The molecule has 3 rings (SSSR count). The Kier molecular flexibility index (Phi) is 4.68. The zero-order valence-corrected chi connectivity index (χ0v) is 14.7. The number of hydrogen-bond donors (Lipinski definition) is 1. The third-order valence-corrected chi connectivity index (χ3v) is 3.84. The molecule has 8 nitrogen and oxygen atoms in total. The van der Waals surface area contributed by atoms with Gasteiger partial charge in [0.15, 0.2) is 0 Å². The number of carbonyl (C=O) groups is 1. The minimum Gasteiger partial charge on any atom is -0.305 e. The van der Waals surface area contributed by atoms with E-state index >= 15 is 0 Å². The number of aromatic nitrogens is 4. The summed E-state index contributed by atoms with van der Waals surface area (Å²) in [5, 5.41) is 6.93. The van der Waals surface area contributed by atoms with E-state index in [2.05, 4.69) is 15.4 Å². The molecule has 0 saturated carbocycles. The zero-order chi connectivity index (χ0) is 18.8. The monoisotopic (exact) mass is 371 g/mol. The fourth-order valence-corrected chi connectivity index (χ4v) is 2.38. The van der Waals surface area contributed by atoms with Crippen molar-refractivity contribution in [3.05, 3.63) is 79.7 Å². The van der Waals surface area contributed by atoms with Crippen molar-refractivity contribution in [3.8, 4) is 5.69 Å². The van der Waals surface area contributed by atoms with Gasteiger partial charge in [-0.15, -0.1) is 0 Å². The topological polar surface area (TPSA) is 98.9 Å². The van der Waals surface area contributed by atoms with Gasteiger partial charge in [0, 0.05) is 17.8 Å². The summed E-state index contributed by atoms with van der Waals surface area (Å²) in [5.41, 5.74) is -0.828. The third-order valence-electron chi connectivity index (χ3n) is 3.59. The molecule has 2 heterocycles. The Bertz CT molecular complexity index is 1100. The van der Waals surface area contributed by atoms with Crippen LogP contribution < -0.4 is 16.6 Å². The number of amides is 1. The number of rotatable bonds is 3. The van der Waals surface area contributed by atoms with Crippen molar-refractivity contribution in [1.82, 2.24) is 19.3 Å². The second-order valence-electron chi connectivity index (χ2n) is 5.50. The molecule has 132 valence electrons. The van der Waals surface area contributed by atoms with Gasteiger partial charge in [-0.1, -0.05) is 17.7 Å². The van der Waals surface area contributed by atoms with Gasteiger partial charge in [0.05, 0.1) is 5.69 Å². The SMILES string of the molecule is Cc1cccc(NC(=O)c2nn(-c3ccc(Cl)cc3)c(=O)n(C)c2=O)n1. The number of nitrogens with zero attached hydrogens (tertiary/aromatic N) is 4.